The summed E-state index contributed by atoms with van der Waals surface area (Å²) in [6, 6.07) is 57.9. The van der Waals surface area contributed by atoms with E-state index in [0.29, 0.717) is 0 Å². The number of hydrogen-bond acceptors (Lipinski definition) is 0. The van der Waals surface area contributed by atoms with Gasteiger partial charge in [-0.25, -0.2) is 0 Å². The molecule has 0 atom stereocenters. The third-order valence-electron chi connectivity index (χ3n) is 10.6. The van der Waals surface area contributed by atoms with Crippen LogP contribution in [0.3, 0.4) is 0 Å². The fourth-order valence-electron chi connectivity index (χ4n) is 8.10. The first kappa shape index (κ1) is 29.2. The molecule has 0 saturated heterocycles. The molecule has 0 heterocycles. The fourth-order valence-corrected chi connectivity index (χ4v) is 8.10. The summed E-state index contributed by atoms with van der Waals surface area (Å²) in [5.41, 5.74) is 11.5. The Hall–Kier alpha value is -5.98. The maximum absolute atomic E-state index is 4.29. The van der Waals surface area contributed by atoms with Crippen LogP contribution in [-0.2, 0) is 5.41 Å². The molecule has 0 amide bonds. The topological polar surface area (TPSA) is 0 Å². The van der Waals surface area contributed by atoms with Gasteiger partial charge in [-0.2, -0.15) is 0 Å². The zero-order valence-electron chi connectivity index (χ0n) is 27.9. The van der Waals surface area contributed by atoms with Crippen molar-refractivity contribution in [2.45, 2.75) is 19.3 Å². The normalized spacial score (nSPS) is 14.2. The minimum atomic E-state index is -0.0142. The molecule has 49 heavy (non-hydrogen) atoms. The highest BCUT2D eigenvalue weighted by molar-refractivity contribution is 6.10. The van der Waals surface area contributed by atoms with Gasteiger partial charge in [-0.05, 0) is 123 Å². The van der Waals surface area contributed by atoms with Crippen LogP contribution in [0.2, 0.25) is 0 Å². The Morgan fingerprint density at radius 1 is 0.510 bits per heavy atom. The van der Waals surface area contributed by atoms with Crippen molar-refractivity contribution in [2.75, 3.05) is 0 Å². The van der Waals surface area contributed by atoms with Gasteiger partial charge in [-0.1, -0.05) is 160 Å². The van der Waals surface area contributed by atoms with Crippen molar-refractivity contribution in [1.29, 1.82) is 0 Å². The van der Waals surface area contributed by atoms with E-state index in [-0.39, 0.29) is 5.41 Å². The van der Waals surface area contributed by atoms with Crippen molar-refractivity contribution in [3.63, 3.8) is 0 Å². The van der Waals surface area contributed by atoms with E-state index in [4.69, 9.17) is 0 Å². The lowest BCUT2D eigenvalue weighted by molar-refractivity contribution is 0.660. The first-order chi connectivity index (χ1) is 24.0. The first-order valence-electron chi connectivity index (χ1n) is 17.1. The molecule has 1 aliphatic carbocycles. The highest BCUT2D eigenvalue weighted by Crippen LogP contribution is 2.49. The van der Waals surface area contributed by atoms with E-state index in [1.165, 1.54) is 81.7 Å². The van der Waals surface area contributed by atoms with Crippen LogP contribution in [-0.4, -0.2) is 0 Å². The molecule has 8 aromatic rings. The van der Waals surface area contributed by atoms with Gasteiger partial charge in [0.2, 0.25) is 0 Å². The van der Waals surface area contributed by atoms with Gasteiger partial charge in [0, 0.05) is 5.41 Å². The van der Waals surface area contributed by atoms with Crippen molar-refractivity contribution < 1.29 is 0 Å². The maximum Gasteiger partial charge on any atom is 0.0159 e. The summed E-state index contributed by atoms with van der Waals surface area (Å²) in [6.07, 6.45) is 4.34. The van der Waals surface area contributed by atoms with Crippen LogP contribution >= 0.6 is 0 Å². The van der Waals surface area contributed by atoms with Crippen LogP contribution in [0.15, 0.2) is 170 Å². The van der Waals surface area contributed by atoms with Crippen molar-refractivity contribution >= 4 is 44.0 Å². The Morgan fingerprint density at radius 3 is 2.04 bits per heavy atom. The molecule has 0 unspecified atom stereocenters. The molecule has 0 aromatic heterocycles. The molecule has 0 fully saturated rings. The van der Waals surface area contributed by atoms with E-state index in [1.54, 1.807) is 0 Å². The summed E-state index contributed by atoms with van der Waals surface area (Å²) in [4.78, 5) is 0. The van der Waals surface area contributed by atoms with Crippen molar-refractivity contribution in [1.82, 2.24) is 0 Å². The first-order valence-corrected chi connectivity index (χ1v) is 17.1. The monoisotopic (exact) mass is 624 g/mol. The predicted molar refractivity (Wildman–Crippen MR) is 210 cm³/mol. The van der Waals surface area contributed by atoms with Gasteiger partial charge in [0.25, 0.3) is 0 Å². The van der Waals surface area contributed by atoms with Gasteiger partial charge in [0.05, 0.1) is 0 Å². The van der Waals surface area contributed by atoms with E-state index in [0.717, 1.165) is 11.1 Å². The lowest BCUT2D eigenvalue weighted by Gasteiger charge is -2.22. The molecule has 0 spiro atoms. The average molecular weight is 625 g/mol. The molecular formula is C49H36. The standard InChI is InChI=1S/C49H36/c1-4-40(41-15-7-5-13-36(41)29-39-30-37-14-6-8-16-42(37)44-18-10-9-17-43(39)44)38-24-23-32-27-33(21-22-34(32)28-38)35-25-26-46-45-19-11-12-20-47(45)49(2,3)48(46)31-35/h4-31H,1H2,2-3H3. The third-order valence-corrected chi connectivity index (χ3v) is 10.6. The van der Waals surface area contributed by atoms with Crippen molar-refractivity contribution in [2.24, 2.45) is 0 Å². The van der Waals surface area contributed by atoms with Crippen LogP contribution in [0.25, 0.3) is 66.2 Å². The number of benzene rings is 8. The predicted octanol–water partition coefficient (Wildman–Crippen LogP) is 11.3. The maximum atomic E-state index is 4.29. The molecular weight excluding hydrogens is 589 g/mol. The molecule has 232 valence electrons. The smallest absolute Gasteiger partial charge is 0.0159 e. The van der Waals surface area contributed by atoms with Crippen LogP contribution in [0.5, 0.6) is 0 Å². The van der Waals surface area contributed by atoms with E-state index in [1.807, 2.05) is 6.08 Å². The quantitative estimate of drug-likeness (QED) is 0.171. The number of hydrogen-bond donors (Lipinski definition) is 0. The molecule has 9 rings (SSSR count). The summed E-state index contributed by atoms with van der Waals surface area (Å²) in [5, 5.41) is 9.87. The third kappa shape index (κ3) is 4.75. The van der Waals surface area contributed by atoms with Crippen molar-refractivity contribution in [3.05, 3.63) is 203 Å². The average Bonchev–Trinajstić information content (AvgIpc) is 3.38. The highest BCUT2D eigenvalue weighted by atomic mass is 14.4. The number of fused-ring (bicyclic) bond motifs is 7. The second-order valence-electron chi connectivity index (χ2n) is 13.8. The molecule has 0 saturated carbocycles. The zero-order chi connectivity index (χ0) is 33.1. The SMILES string of the molecule is C=CC(c1ccc2cc(-c3ccc4c(c3)C(C)(C)c3ccccc3-4)ccc2c1)=c1ccccc1=Cc1cc2ccccc2c2ccccc12. The highest BCUT2D eigenvalue weighted by Gasteiger charge is 2.35. The van der Waals surface area contributed by atoms with Crippen LogP contribution in [0.4, 0.5) is 0 Å². The molecule has 8 aromatic carbocycles. The fraction of sp³-hybridized carbons (Fsp3) is 0.0612. The molecule has 0 heteroatoms. The van der Waals surface area contributed by atoms with Crippen LogP contribution in [0.1, 0.15) is 36.1 Å². The molecule has 0 aliphatic heterocycles. The summed E-state index contributed by atoms with van der Waals surface area (Å²) in [7, 11) is 0. The molecule has 0 N–H and O–H groups in total. The van der Waals surface area contributed by atoms with E-state index < -0.39 is 0 Å². The van der Waals surface area contributed by atoms with Gasteiger partial charge in [-0.3, -0.25) is 0 Å². The number of allylic oxidation sites excluding steroid dienone is 1. The van der Waals surface area contributed by atoms with E-state index in [2.05, 4.69) is 184 Å². The minimum Gasteiger partial charge on any atom is -0.0984 e. The zero-order valence-corrected chi connectivity index (χ0v) is 27.9. The Balaban J connectivity index is 1.14. The summed E-state index contributed by atoms with van der Waals surface area (Å²) in [6.45, 7) is 8.98. The Morgan fingerprint density at radius 2 is 1.16 bits per heavy atom. The summed E-state index contributed by atoms with van der Waals surface area (Å²) < 4.78 is 0. The van der Waals surface area contributed by atoms with Gasteiger partial charge in [0.1, 0.15) is 0 Å². The van der Waals surface area contributed by atoms with Crippen molar-refractivity contribution in [3.8, 4) is 22.3 Å². The summed E-state index contributed by atoms with van der Waals surface area (Å²) >= 11 is 0. The van der Waals surface area contributed by atoms with E-state index >= 15 is 0 Å². The van der Waals surface area contributed by atoms with Crippen LogP contribution < -0.4 is 10.4 Å². The second-order valence-corrected chi connectivity index (χ2v) is 13.8. The molecule has 0 radical (unpaired) electrons. The van der Waals surface area contributed by atoms with Gasteiger partial charge in [0.15, 0.2) is 0 Å². The minimum absolute atomic E-state index is 0.0142. The van der Waals surface area contributed by atoms with Gasteiger partial charge >= 0.3 is 0 Å². The Labute approximate surface area is 287 Å². The Bertz CT molecular complexity index is 2760. The van der Waals surface area contributed by atoms with Gasteiger partial charge in [-0.15, -0.1) is 0 Å². The Kier molecular flexibility index (Phi) is 6.74. The van der Waals surface area contributed by atoms with Crippen LogP contribution in [0, 0.1) is 0 Å². The lowest BCUT2D eigenvalue weighted by atomic mass is 9.81. The lowest BCUT2D eigenvalue weighted by Crippen LogP contribution is -2.26. The largest absolute Gasteiger partial charge is 0.0984 e. The van der Waals surface area contributed by atoms with Gasteiger partial charge < -0.3 is 0 Å². The molecule has 0 nitrogen and oxygen atoms in total. The number of rotatable bonds is 4. The van der Waals surface area contributed by atoms with E-state index in [9.17, 15) is 0 Å². The molecule has 1 aliphatic rings. The second kappa shape index (κ2) is 11.3. The summed E-state index contributed by atoms with van der Waals surface area (Å²) in [5.74, 6) is 0. The molecule has 0 bridgehead atoms.